The summed E-state index contributed by atoms with van der Waals surface area (Å²) in [5.74, 6) is 2.40. The lowest BCUT2D eigenvalue weighted by Gasteiger charge is -2.25. The van der Waals surface area contributed by atoms with Crippen molar-refractivity contribution >= 4 is 5.96 Å². The molecule has 0 aliphatic heterocycles. The van der Waals surface area contributed by atoms with E-state index in [-0.39, 0.29) is 6.04 Å². The van der Waals surface area contributed by atoms with Crippen LogP contribution in [0.4, 0.5) is 0 Å². The van der Waals surface area contributed by atoms with Crippen LogP contribution < -0.4 is 14.8 Å². The molecule has 0 spiro atoms. The first kappa shape index (κ1) is 23.5. The molecule has 1 aromatic heterocycles. The smallest absolute Gasteiger partial charge is 0.193 e. The van der Waals surface area contributed by atoms with Crippen LogP contribution in [-0.2, 0) is 13.5 Å². The maximum Gasteiger partial charge on any atom is 0.193 e. The van der Waals surface area contributed by atoms with Gasteiger partial charge in [0.2, 0.25) is 0 Å². The van der Waals surface area contributed by atoms with E-state index in [1.54, 1.807) is 14.2 Å². The molecular weight excluding hydrogens is 380 g/mol. The molecule has 8 nitrogen and oxygen atoms in total. The van der Waals surface area contributed by atoms with Crippen molar-refractivity contribution in [3.63, 3.8) is 0 Å². The Balaban J connectivity index is 2.06. The second-order valence-corrected chi connectivity index (χ2v) is 7.48. The molecule has 0 aliphatic rings. The third kappa shape index (κ3) is 6.38. The lowest BCUT2D eigenvalue weighted by atomic mass is 10.1. The molecular formula is C22H36N6O2. The maximum atomic E-state index is 5.41. The number of aliphatic imine (C=N–C) groups is 1. The van der Waals surface area contributed by atoms with Gasteiger partial charge in [-0.15, -0.1) is 0 Å². The number of aromatic nitrogens is 2. The van der Waals surface area contributed by atoms with Gasteiger partial charge in [-0.25, -0.2) is 0 Å². The van der Waals surface area contributed by atoms with E-state index >= 15 is 0 Å². The van der Waals surface area contributed by atoms with Gasteiger partial charge in [-0.05, 0) is 45.1 Å². The third-order valence-electron chi connectivity index (χ3n) is 5.03. The SMILES string of the molecule is CCNC(=NCC(c1cnn(C)c1)N(C)C)N(C)CCc1ccc(OC)c(OC)c1. The summed E-state index contributed by atoms with van der Waals surface area (Å²) in [6.45, 7) is 4.39. The van der Waals surface area contributed by atoms with Gasteiger partial charge in [-0.3, -0.25) is 9.67 Å². The van der Waals surface area contributed by atoms with Crippen LogP contribution in [0.25, 0.3) is 0 Å². The normalized spacial score (nSPS) is 12.7. The van der Waals surface area contributed by atoms with Crippen LogP contribution in [0.2, 0.25) is 0 Å². The topological polar surface area (TPSA) is 67.2 Å². The molecule has 0 fully saturated rings. The minimum atomic E-state index is 0.173. The molecule has 1 heterocycles. The highest BCUT2D eigenvalue weighted by molar-refractivity contribution is 5.79. The van der Waals surface area contributed by atoms with E-state index in [1.165, 1.54) is 5.56 Å². The van der Waals surface area contributed by atoms with Crippen LogP contribution >= 0.6 is 0 Å². The molecule has 0 saturated heterocycles. The number of hydrogen-bond donors (Lipinski definition) is 1. The van der Waals surface area contributed by atoms with Crippen molar-refractivity contribution in [3.8, 4) is 11.5 Å². The maximum absolute atomic E-state index is 5.41. The van der Waals surface area contributed by atoms with Crippen LogP contribution in [0.3, 0.4) is 0 Å². The van der Waals surface area contributed by atoms with E-state index in [9.17, 15) is 0 Å². The Hall–Kier alpha value is -2.74. The van der Waals surface area contributed by atoms with E-state index < -0.39 is 0 Å². The largest absolute Gasteiger partial charge is 0.493 e. The first-order chi connectivity index (χ1) is 14.4. The zero-order valence-corrected chi connectivity index (χ0v) is 19.3. The van der Waals surface area contributed by atoms with Crippen molar-refractivity contribution < 1.29 is 9.47 Å². The number of methoxy groups -OCH3 is 2. The molecule has 1 N–H and O–H groups in total. The van der Waals surface area contributed by atoms with Gasteiger partial charge in [0.05, 0.1) is 33.0 Å². The van der Waals surface area contributed by atoms with Gasteiger partial charge < -0.3 is 24.6 Å². The Morgan fingerprint density at radius 2 is 1.93 bits per heavy atom. The summed E-state index contributed by atoms with van der Waals surface area (Å²) in [5, 5.41) is 7.71. The highest BCUT2D eigenvalue weighted by Crippen LogP contribution is 2.27. The summed E-state index contributed by atoms with van der Waals surface area (Å²) < 4.78 is 12.6. The number of nitrogens with zero attached hydrogens (tertiary/aromatic N) is 5. The molecule has 1 aromatic carbocycles. The van der Waals surface area contributed by atoms with Gasteiger partial charge in [0.15, 0.2) is 17.5 Å². The molecule has 1 atom stereocenters. The summed E-state index contributed by atoms with van der Waals surface area (Å²) >= 11 is 0. The highest BCUT2D eigenvalue weighted by atomic mass is 16.5. The molecule has 1 unspecified atom stereocenters. The monoisotopic (exact) mass is 416 g/mol. The van der Waals surface area contributed by atoms with E-state index in [0.717, 1.165) is 42.5 Å². The lowest BCUT2D eigenvalue weighted by Crippen LogP contribution is -2.40. The Morgan fingerprint density at radius 3 is 2.50 bits per heavy atom. The van der Waals surface area contributed by atoms with E-state index in [0.29, 0.717) is 6.54 Å². The number of aryl methyl sites for hydroxylation is 1. The minimum Gasteiger partial charge on any atom is -0.493 e. The summed E-state index contributed by atoms with van der Waals surface area (Å²) in [7, 11) is 11.5. The molecule has 166 valence electrons. The molecule has 2 aromatic rings. The van der Waals surface area contributed by atoms with Crippen LogP contribution in [0, 0.1) is 0 Å². The van der Waals surface area contributed by atoms with E-state index in [2.05, 4.69) is 54.3 Å². The minimum absolute atomic E-state index is 0.173. The summed E-state index contributed by atoms with van der Waals surface area (Å²) in [6.07, 6.45) is 4.84. The number of guanidine groups is 1. The highest BCUT2D eigenvalue weighted by Gasteiger charge is 2.16. The van der Waals surface area contributed by atoms with Gasteiger partial charge >= 0.3 is 0 Å². The van der Waals surface area contributed by atoms with Crippen molar-refractivity contribution in [1.82, 2.24) is 24.9 Å². The fourth-order valence-electron chi connectivity index (χ4n) is 3.26. The second kappa shape index (κ2) is 11.4. The predicted molar refractivity (Wildman–Crippen MR) is 121 cm³/mol. The Kier molecular flexibility index (Phi) is 8.98. The molecule has 0 amide bonds. The zero-order chi connectivity index (χ0) is 22.1. The molecule has 2 rings (SSSR count). The number of nitrogens with one attached hydrogen (secondary N) is 1. The average molecular weight is 417 g/mol. The molecule has 8 heteroatoms. The van der Waals surface area contributed by atoms with Crippen LogP contribution in [0.5, 0.6) is 11.5 Å². The summed E-state index contributed by atoms with van der Waals surface area (Å²) in [6, 6.07) is 6.22. The molecule has 0 radical (unpaired) electrons. The third-order valence-corrected chi connectivity index (χ3v) is 5.03. The van der Waals surface area contributed by atoms with Gasteiger partial charge in [0.1, 0.15) is 0 Å². The second-order valence-electron chi connectivity index (χ2n) is 7.48. The summed E-state index contributed by atoms with van der Waals surface area (Å²) in [5.41, 5.74) is 2.35. The van der Waals surface area contributed by atoms with Gasteiger partial charge in [-0.2, -0.15) is 5.10 Å². The van der Waals surface area contributed by atoms with E-state index in [1.807, 2.05) is 36.3 Å². The lowest BCUT2D eigenvalue weighted by molar-refractivity contribution is 0.305. The molecule has 0 aliphatic carbocycles. The van der Waals surface area contributed by atoms with Gasteiger partial charge in [0.25, 0.3) is 0 Å². The Labute approximate surface area is 180 Å². The molecule has 0 saturated carbocycles. The van der Waals surface area contributed by atoms with Gasteiger partial charge in [0, 0.05) is 38.9 Å². The standard InChI is InChI=1S/C22H36N6O2/c1-8-23-22(24-15-19(26(2)3)18-14-25-28(5)16-18)27(4)12-11-17-9-10-20(29-6)21(13-17)30-7/h9-10,13-14,16,19H,8,11-12,15H2,1-7H3,(H,23,24). The van der Waals surface area contributed by atoms with Crippen molar-refractivity contribution in [2.75, 3.05) is 55.0 Å². The van der Waals surface area contributed by atoms with Crippen molar-refractivity contribution in [2.24, 2.45) is 12.0 Å². The van der Waals surface area contributed by atoms with Gasteiger partial charge in [-0.1, -0.05) is 6.07 Å². The number of benzene rings is 1. The molecule has 0 bridgehead atoms. The van der Waals surface area contributed by atoms with Crippen LogP contribution in [-0.4, -0.2) is 80.5 Å². The van der Waals surface area contributed by atoms with Crippen LogP contribution in [0.1, 0.15) is 24.1 Å². The number of likely N-dealkylation sites (N-methyl/N-ethyl adjacent to an activating group) is 2. The van der Waals surface area contributed by atoms with Crippen molar-refractivity contribution in [2.45, 2.75) is 19.4 Å². The van der Waals surface area contributed by atoms with Crippen molar-refractivity contribution in [1.29, 1.82) is 0 Å². The zero-order valence-electron chi connectivity index (χ0n) is 19.3. The first-order valence-corrected chi connectivity index (χ1v) is 10.2. The number of ether oxygens (including phenoxy) is 2. The quantitative estimate of drug-likeness (QED) is 0.473. The Bertz CT molecular complexity index is 818. The summed E-state index contributed by atoms with van der Waals surface area (Å²) in [4.78, 5) is 9.24. The fourth-order valence-corrected chi connectivity index (χ4v) is 3.26. The number of rotatable bonds is 10. The fraction of sp³-hybridized carbons (Fsp3) is 0.545. The first-order valence-electron chi connectivity index (χ1n) is 10.2. The Morgan fingerprint density at radius 1 is 1.20 bits per heavy atom. The number of hydrogen-bond acceptors (Lipinski definition) is 5. The van der Waals surface area contributed by atoms with E-state index in [4.69, 9.17) is 14.5 Å². The van der Waals surface area contributed by atoms with Crippen molar-refractivity contribution in [3.05, 3.63) is 41.7 Å². The average Bonchev–Trinajstić information content (AvgIpc) is 3.16. The molecule has 30 heavy (non-hydrogen) atoms. The van der Waals surface area contributed by atoms with Crippen LogP contribution in [0.15, 0.2) is 35.6 Å². The predicted octanol–water partition coefficient (Wildman–Crippen LogP) is 2.18.